The van der Waals surface area contributed by atoms with Gasteiger partial charge in [0.2, 0.25) is 0 Å². The SMILES string of the molecule is COC(=O)C1=CC2C(C(N=[N+]=[N-])C1)N2C(c1ccccc1)(c1ccccc1)c1ccccc1. The molecule has 1 aliphatic carbocycles. The minimum Gasteiger partial charge on any atom is -0.466 e. The summed E-state index contributed by atoms with van der Waals surface area (Å²) in [6.45, 7) is 0. The minimum atomic E-state index is -0.621. The van der Waals surface area contributed by atoms with Crippen molar-refractivity contribution >= 4 is 5.97 Å². The standard InChI is InChI=1S/C27H24N4O2/c1-33-26(32)19-17-23(29-30-28)25-24(18-19)31(25)27(20-11-5-2-6-12-20,21-13-7-3-8-14-21)22-15-9-4-10-16-22/h2-16,18,23-25H,17H2,1H3. The highest BCUT2D eigenvalue weighted by atomic mass is 16.5. The Morgan fingerprint density at radius 1 is 0.939 bits per heavy atom. The number of carbonyl (C=O) groups is 1. The van der Waals surface area contributed by atoms with Gasteiger partial charge in [-0.15, -0.1) is 0 Å². The summed E-state index contributed by atoms with van der Waals surface area (Å²) in [5.41, 5.74) is 12.6. The highest BCUT2D eigenvalue weighted by molar-refractivity contribution is 5.89. The smallest absolute Gasteiger partial charge is 0.333 e. The van der Waals surface area contributed by atoms with Gasteiger partial charge in [0.25, 0.3) is 0 Å². The van der Waals surface area contributed by atoms with E-state index >= 15 is 0 Å². The fourth-order valence-electron chi connectivity index (χ4n) is 5.37. The van der Waals surface area contributed by atoms with Gasteiger partial charge in [-0.25, -0.2) is 4.79 Å². The first kappa shape index (κ1) is 21.0. The number of hydrogen-bond donors (Lipinski definition) is 0. The number of carbonyl (C=O) groups excluding carboxylic acids is 1. The molecule has 5 rings (SSSR count). The molecule has 3 aromatic carbocycles. The van der Waals surface area contributed by atoms with Gasteiger partial charge in [-0.05, 0) is 28.6 Å². The molecule has 0 radical (unpaired) electrons. The average Bonchev–Trinajstić information content (AvgIpc) is 3.61. The molecule has 1 fully saturated rings. The molecule has 0 saturated carbocycles. The van der Waals surface area contributed by atoms with Crippen LogP contribution in [0.1, 0.15) is 23.1 Å². The van der Waals surface area contributed by atoms with Crippen molar-refractivity contribution in [2.24, 2.45) is 5.11 Å². The maximum Gasteiger partial charge on any atom is 0.333 e. The molecule has 6 nitrogen and oxygen atoms in total. The quantitative estimate of drug-likeness (QED) is 0.133. The summed E-state index contributed by atoms with van der Waals surface area (Å²) in [7, 11) is 1.38. The van der Waals surface area contributed by atoms with Crippen molar-refractivity contribution in [3.05, 3.63) is 130 Å². The summed E-state index contributed by atoms with van der Waals surface area (Å²) in [6, 6.07) is 30.7. The maximum atomic E-state index is 12.4. The highest BCUT2D eigenvalue weighted by Gasteiger charge is 2.63. The third kappa shape index (κ3) is 3.41. The largest absolute Gasteiger partial charge is 0.466 e. The molecule has 3 aromatic rings. The van der Waals surface area contributed by atoms with Crippen molar-refractivity contribution in [3.8, 4) is 0 Å². The lowest BCUT2D eigenvalue weighted by molar-refractivity contribution is -0.136. The first-order chi connectivity index (χ1) is 16.2. The first-order valence-electron chi connectivity index (χ1n) is 11.0. The monoisotopic (exact) mass is 436 g/mol. The van der Waals surface area contributed by atoms with E-state index in [9.17, 15) is 10.3 Å². The number of fused-ring (bicyclic) bond motifs is 1. The molecule has 0 bridgehead atoms. The van der Waals surface area contributed by atoms with Crippen molar-refractivity contribution in [2.45, 2.75) is 30.1 Å². The van der Waals surface area contributed by atoms with E-state index < -0.39 is 5.54 Å². The van der Waals surface area contributed by atoms with Crippen LogP contribution >= 0.6 is 0 Å². The topological polar surface area (TPSA) is 78.1 Å². The molecule has 6 heteroatoms. The number of hydrogen-bond acceptors (Lipinski definition) is 4. The molecule has 0 aromatic heterocycles. The molecule has 2 aliphatic rings. The van der Waals surface area contributed by atoms with E-state index in [1.807, 2.05) is 60.7 Å². The van der Waals surface area contributed by atoms with Crippen molar-refractivity contribution in [2.75, 3.05) is 7.11 Å². The van der Waals surface area contributed by atoms with Crippen LogP contribution in [0.2, 0.25) is 0 Å². The number of rotatable bonds is 6. The first-order valence-corrected chi connectivity index (χ1v) is 11.0. The molecule has 164 valence electrons. The minimum absolute atomic E-state index is 0.0325. The van der Waals surface area contributed by atoms with Crippen LogP contribution in [0.25, 0.3) is 10.4 Å². The van der Waals surface area contributed by atoms with Gasteiger partial charge in [-0.3, -0.25) is 4.90 Å². The normalized spacial score (nSPS) is 23.5. The predicted octanol–water partition coefficient (Wildman–Crippen LogP) is 5.21. The van der Waals surface area contributed by atoms with Crippen molar-refractivity contribution in [3.63, 3.8) is 0 Å². The molecular weight excluding hydrogens is 412 g/mol. The number of esters is 1. The van der Waals surface area contributed by atoms with E-state index in [0.717, 1.165) is 16.7 Å². The van der Waals surface area contributed by atoms with Crippen LogP contribution in [-0.2, 0) is 15.1 Å². The summed E-state index contributed by atoms with van der Waals surface area (Å²) in [5.74, 6) is -0.372. The van der Waals surface area contributed by atoms with Gasteiger partial charge in [-0.2, -0.15) is 0 Å². The second-order valence-electron chi connectivity index (χ2n) is 8.36. The van der Waals surface area contributed by atoms with E-state index in [-0.39, 0.29) is 24.1 Å². The zero-order chi connectivity index (χ0) is 22.8. The molecule has 0 amide bonds. The molecule has 1 saturated heterocycles. The summed E-state index contributed by atoms with van der Waals surface area (Å²) in [5, 5.41) is 4.11. The Hall–Kier alpha value is -3.86. The molecule has 0 spiro atoms. The summed E-state index contributed by atoms with van der Waals surface area (Å²) < 4.78 is 5.00. The van der Waals surface area contributed by atoms with Gasteiger partial charge in [0.05, 0.1) is 18.7 Å². The second kappa shape index (κ2) is 8.58. The second-order valence-corrected chi connectivity index (χ2v) is 8.36. The molecular formula is C27H24N4O2. The van der Waals surface area contributed by atoms with Crippen LogP contribution in [0.3, 0.4) is 0 Å². The Kier molecular flexibility index (Phi) is 5.47. The van der Waals surface area contributed by atoms with Crippen molar-refractivity contribution in [1.29, 1.82) is 0 Å². The van der Waals surface area contributed by atoms with E-state index in [4.69, 9.17) is 4.74 Å². The Bertz CT molecular complexity index is 1120. The van der Waals surface area contributed by atoms with Gasteiger partial charge in [-0.1, -0.05) is 102 Å². The maximum absolute atomic E-state index is 12.4. The van der Waals surface area contributed by atoms with Crippen LogP contribution in [0, 0.1) is 0 Å². The lowest BCUT2D eigenvalue weighted by Gasteiger charge is -2.39. The number of nitrogens with zero attached hydrogens (tertiary/aromatic N) is 4. The van der Waals surface area contributed by atoms with E-state index in [1.165, 1.54) is 7.11 Å². The number of benzene rings is 3. The zero-order valence-corrected chi connectivity index (χ0v) is 18.3. The van der Waals surface area contributed by atoms with Crippen LogP contribution in [0.5, 0.6) is 0 Å². The van der Waals surface area contributed by atoms with Crippen molar-refractivity contribution in [1.82, 2.24) is 4.90 Å². The van der Waals surface area contributed by atoms with Crippen LogP contribution in [-0.4, -0.2) is 36.1 Å². The Labute approximate surface area is 192 Å². The van der Waals surface area contributed by atoms with Crippen LogP contribution in [0.4, 0.5) is 0 Å². The Morgan fingerprint density at radius 2 is 1.42 bits per heavy atom. The van der Waals surface area contributed by atoms with Crippen molar-refractivity contribution < 1.29 is 9.53 Å². The van der Waals surface area contributed by atoms with E-state index in [2.05, 4.69) is 51.3 Å². The summed E-state index contributed by atoms with van der Waals surface area (Å²) in [4.78, 5) is 17.9. The molecule has 1 heterocycles. The van der Waals surface area contributed by atoms with E-state index in [0.29, 0.717) is 12.0 Å². The molecule has 0 N–H and O–H groups in total. The molecule has 4 unspecified atom stereocenters. The highest BCUT2D eigenvalue weighted by Crippen LogP contribution is 2.55. The van der Waals surface area contributed by atoms with Crippen LogP contribution in [0.15, 0.2) is 108 Å². The Balaban J connectivity index is 1.77. The van der Waals surface area contributed by atoms with Gasteiger partial charge in [0, 0.05) is 22.6 Å². The lowest BCUT2D eigenvalue weighted by atomic mass is 9.76. The van der Waals surface area contributed by atoms with E-state index in [1.54, 1.807) is 0 Å². The van der Waals surface area contributed by atoms with Gasteiger partial charge >= 0.3 is 5.97 Å². The number of ether oxygens (including phenoxy) is 1. The predicted molar refractivity (Wildman–Crippen MR) is 126 cm³/mol. The fraction of sp³-hybridized carbons (Fsp3) is 0.222. The number of methoxy groups -OCH3 is 1. The van der Waals surface area contributed by atoms with Crippen LogP contribution < -0.4 is 0 Å². The summed E-state index contributed by atoms with van der Waals surface area (Å²) >= 11 is 0. The zero-order valence-electron chi connectivity index (χ0n) is 18.3. The average molecular weight is 437 g/mol. The van der Waals surface area contributed by atoms with Gasteiger partial charge in [0.1, 0.15) is 0 Å². The fourth-order valence-corrected chi connectivity index (χ4v) is 5.37. The summed E-state index contributed by atoms with van der Waals surface area (Å²) in [6.07, 6.45) is 2.35. The molecule has 4 atom stereocenters. The van der Waals surface area contributed by atoms with Gasteiger partial charge in [0.15, 0.2) is 0 Å². The Morgan fingerprint density at radius 3 is 1.85 bits per heavy atom. The third-order valence-corrected chi connectivity index (χ3v) is 6.71. The molecule has 33 heavy (non-hydrogen) atoms. The number of azide groups is 1. The van der Waals surface area contributed by atoms with Gasteiger partial charge < -0.3 is 4.74 Å². The lowest BCUT2D eigenvalue weighted by Crippen LogP contribution is -2.40. The third-order valence-electron chi connectivity index (χ3n) is 6.71. The molecule has 1 aliphatic heterocycles.